The third-order valence-corrected chi connectivity index (χ3v) is 11.2. The minimum absolute atomic E-state index is 0. The second-order valence-electron chi connectivity index (χ2n) is 16.4. The summed E-state index contributed by atoms with van der Waals surface area (Å²) < 4.78 is 126. The third kappa shape index (κ3) is 8.78. The molecule has 0 atom stereocenters. The molecule has 0 bridgehead atoms. The number of anilines is 6. The number of para-hydroxylation sites is 4. The largest absolute Gasteiger partial charge is 4.00 e. The topological polar surface area (TPSA) is 27.1 Å². The van der Waals surface area contributed by atoms with Gasteiger partial charge in [0.1, 0.15) is 0 Å². The van der Waals surface area contributed by atoms with Crippen molar-refractivity contribution in [2.75, 3.05) is 33.6 Å². The Balaban J connectivity index is 0.000000267. The Labute approximate surface area is 388 Å². The van der Waals surface area contributed by atoms with Gasteiger partial charge in [0.15, 0.2) is 0 Å². The van der Waals surface area contributed by atoms with E-state index in [9.17, 15) is 26.3 Å². The smallest absolute Gasteiger partial charge is 0.657 e. The molecule has 2 aliphatic heterocycles. The fourth-order valence-electron chi connectivity index (χ4n) is 8.02. The summed E-state index contributed by atoms with van der Waals surface area (Å²) in [5.41, 5.74) is 8.36. The summed E-state index contributed by atoms with van der Waals surface area (Å²) >= 11 is 0. The summed E-state index contributed by atoms with van der Waals surface area (Å²) in [5, 5.41) is 0.122. The van der Waals surface area contributed by atoms with E-state index in [1.165, 1.54) is 26.5 Å². The molecule has 328 valence electrons. The Morgan fingerprint density at radius 1 is 0.556 bits per heavy atom. The normalized spacial score (nSPS) is 15.7. The van der Waals surface area contributed by atoms with Crippen molar-refractivity contribution in [3.05, 3.63) is 156 Å². The fraction of sp³-hybridized carbons (Fsp3) is 0.255. The van der Waals surface area contributed by atoms with Crippen LogP contribution in [-0.2, 0) is 33.4 Å². The molecule has 0 fully saturated rings. The van der Waals surface area contributed by atoms with Crippen molar-refractivity contribution in [2.45, 2.75) is 71.6 Å². The van der Waals surface area contributed by atoms with Crippen LogP contribution in [0.4, 0.5) is 60.5 Å². The van der Waals surface area contributed by atoms with Gasteiger partial charge in [-0.25, -0.2) is 0 Å². The van der Waals surface area contributed by atoms with Crippen molar-refractivity contribution < 1.29 is 55.6 Å². The number of hydrogen-bond donors (Lipinski definition) is 0. The molecule has 2 aliphatic rings. The van der Waals surface area contributed by atoms with Gasteiger partial charge in [-0.05, 0) is 101 Å². The van der Waals surface area contributed by atoms with Crippen LogP contribution in [0.5, 0.6) is 0 Å². The molecule has 63 heavy (non-hydrogen) atoms. The molecule has 0 unspecified atom stereocenters. The van der Waals surface area contributed by atoms with E-state index in [0.717, 1.165) is 58.9 Å². The van der Waals surface area contributed by atoms with Crippen molar-refractivity contribution >= 4 is 55.9 Å². The number of nitrogens with zero attached hydrogens (tertiary/aromatic N) is 5. The van der Waals surface area contributed by atoms with Crippen LogP contribution in [0.25, 0.3) is 32.9 Å². The van der Waals surface area contributed by atoms with E-state index in [2.05, 4.69) is 76.9 Å². The number of aromatic nitrogens is 1. The molecule has 7 aromatic rings. The van der Waals surface area contributed by atoms with Crippen LogP contribution in [0, 0.1) is 19.4 Å². The van der Waals surface area contributed by atoms with Crippen LogP contribution < -0.4 is 24.6 Å². The number of alkyl halides is 6. The fourth-order valence-corrected chi connectivity index (χ4v) is 8.02. The Bertz CT molecular complexity index is 2830. The predicted octanol–water partition coefficient (Wildman–Crippen LogP) is 14.9. The zero-order valence-corrected chi connectivity index (χ0v) is 37.4. The molecule has 0 N–H and O–H groups in total. The Morgan fingerprint density at radius 2 is 0.968 bits per heavy atom. The SMILES string of the molecule is FC(F)(F)c1ccc2[n-]c3ccc(C(F)(F)F)cc3c2c1.[2H]C([2H])([2H])N1[CH-]N(c2[c-]c(N3[CH-]N(C([2H])([2H])[2H])c4ccccc43)cc(-c3c(C(C)C)cc(C(C)C)cc3C(C)C)c2)c2ccccc21.[Pt+4]. The Morgan fingerprint density at radius 3 is 1.33 bits per heavy atom. The number of fused-ring (bicyclic) bond motifs is 5. The maximum atomic E-state index is 12.7. The van der Waals surface area contributed by atoms with Crippen molar-refractivity contribution in [3.8, 4) is 11.1 Å². The summed E-state index contributed by atoms with van der Waals surface area (Å²) in [4.78, 5) is 10.4. The van der Waals surface area contributed by atoms with Gasteiger partial charge in [0.05, 0.1) is 11.1 Å². The van der Waals surface area contributed by atoms with Gasteiger partial charge in [0.25, 0.3) is 0 Å². The van der Waals surface area contributed by atoms with Crippen LogP contribution in [0.15, 0.2) is 109 Å². The van der Waals surface area contributed by atoms with Crippen LogP contribution in [0.2, 0.25) is 0 Å². The van der Waals surface area contributed by atoms with Crippen molar-refractivity contribution in [2.24, 2.45) is 0 Å². The van der Waals surface area contributed by atoms with Crippen LogP contribution >= 0.6 is 0 Å². The monoisotopic (exact) mass is 1040 g/mol. The van der Waals surface area contributed by atoms with Gasteiger partial charge in [-0.2, -0.15) is 39.7 Å². The minimum Gasteiger partial charge on any atom is -0.657 e. The van der Waals surface area contributed by atoms with Crippen molar-refractivity contribution in [3.63, 3.8) is 0 Å². The van der Waals surface area contributed by atoms with Crippen molar-refractivity contribution in [1.29, 1.82) is 0 Å². The van der Waals surface area contributed by atoms with E-state index >= 15 is 0 Å². The van der Waals surface area contributed by atoms with E-state index in [-0.39, 0.29) is 54.7 Å². The molecule has 0 saturated carbocycles. The maximum Gasteiger partial charge on any atom is 4.00 e. The first kappa shape index (κ1) is 38.1. The molecule has 3 heterocycles. The average Bonchev–Trinajstić information content (AvgIpc) is 3.97. The molecule has 9 rings (SSSR count). The summed E-state index contributed by atoms with van der Waals surface area (Å²) in [6.07, 6.45) is -9.11. The van der Waals surface area contributed by atoms with Gasteiger partial charge in [0.2, 0.25) is 0 Å². The second-order valence-corrected chi connectivity index (χ2v) is 16.4. The first-order valence-electron chi connectivity index (χ1n) is 23.2. The van der Waals surface area contributed by atoms with E-state index in [4.69, 9.17) is 8.22 Å². The first-order valence-corrected chi connectivity index (χ1v) is 20.2. The molecule has 0 radical (unpaired) electrons. The number of benzene rings is 6. The first-order chi connectivity index (χ1) is 31.7. The van der Waals surface area contributed by atoms with Gasteiger partial charge >= 0.3 is 33.4 Å². The minimum atomic E-state index is -4.56. The number of hydrogen-bond acceptors (Lipinski definition) is 4. The zero-order chi connectivity index (χ0) is 49.4. The van der Waals surface area contributed by atoms with E-state index in [0.29, 0.717) is 28.7 Å². The second kappa shape index (κ2) is 17.3. The zero-order valence-electron chi connectivity index (χ0n) is 41.1. The Kier molecular flexibility index (Phi) is 10.4. The standard InChI is InChI=1S/C37H41N4.C14H6F6N.Pt/c1-24(2)27-19-31(25(3)4)37(32(20-27)26(5)6)28-17-29(40-22-38(7)33-13-9-11-15-35(33)40)21-30(18-28)41-23-39(8)34-14-10-12-16-36(34)41;15-13(16,17)7-1-3-11-9(5-7)10-6-8(14(18,19)20)2-4-12(10)21-11;/h9-20,22-26H,1-8H3;1-6H;/q-3;-1;+4/i7D3,8D3;;. The molecule has 6 aromatic carbocycles. The quantitative estimate of drug-likeness (QED) is 0.122. The van der Waals surface area contributed by atoms with Gasteiger partial charge in [-0.15, -0.1) is 46.2 Å². The average molecular weight is 1050 g/mol. The molecule has 0 amide bonds. The van der Waals surface area contributed by atoms with Crippen molar-refractivity contribution in [1.82, 2.24) is 4.98 Å². The number of halogens is 6. The third-order valence-electron chi connectivity index (χ3n) is 11.2. The molecule has 12 heteroatoms. The van der Waals surface area contributed by atoms with Gasteiger partial charge in [-0.3, -0.25) is 0 Å². The van der Waals surface area contributed by atoms with Gasteiger partial charge in [-0.1, -0.05) is 102 Å². The summed E-state index contributed by atoms with van der Waals surface area (Å²) in [6, 6.07) is 32.9. The summed E-state index contributed by atoms with van der Waals surface area (Å²) in [5.74, 6) is 0.817. The van der Waals surface area contributed by atoms with E-state index in [1.807, 2.05) is 46.2 Å². The van der Waals surface area contributed by atoms with E-state index < -0.39 is 37.4 Å². The molecular formula is C51H47F6N5Pt. The predicted molar refractivity (Wildman–Crippen MR) is 240 cm³/mol. The van der Waals surface area contributed by atoms with E-state index in [1.54, 1.807) is 25.5 Å². The summed E-state index contributed by atoms with van der Waals surface area (Å²) in [7, 11) is 0. The van der Waals surface area contributed by atoms with Crippen LogP contribution in [0.1, 0.15) is 95.3 Å². The molecule has 5 nitrogen and oxygen atoms in total. The van der Waals surface area contributed by atoms with Crippen LogP contribution in [0.3, 0.4) is 0 Å². The Hall–Kier alpha value is -5.41. The van der Waals surface area contributed by atoms with Gasteiger partial charge < -0.3 is 24.6 Å². The van der Waals surface area contributed by atoms with Gasteiger partial charge in [0, 0.05) is 31.0 Å². The molecule has 0 saturated heterocycles. The molecule has 0 spiro atoms. The molecule has 1 aromatic heterocycles. The van der Waals surface area contributed by atoms with Crippen LogP contribution in [-0.4, -0.2) is 14.0 Å². The molecule has 0 aliphatic carbocycles. The number of rotatable bonds is 6. The summed E-state index contributed by atoms with van der Waals surface area (Å²) in [6.45, 7) is 11.7. The maximum absolute atomic E-state index is 12.7. The molecular weight excluding hydrogens is 992 g/mol.